The summed E-state index contributed by atoms with van der Waals surface area (Å²) in [6, 6.07) is 17.6. The number of carbonyl (C=O) groups excluding carboxylic acids is 1. The summed E-state index contributed by atoms with van der Waals surface area (Å²) in [4.78, 5) is 12.6. The maximum atomic E-state index is 12.6. The van der Waals surface area contributed by atoms with E-state index in [0.29, 0.717) is 18.0 Å². The first-order valence-corrected chi connectivity index (χ1v) is 8.49. The van der Waals surface area contributed by atoms with Crippen LogP contribution >= 0.6 is 0 Å². The van der Waals surface area contributed by atoms with Crippen LogP contribution in [0.3, 0.4) is 0 Å². The molecule has 0 spiro atoms. The molecule has 2 unspecified atom stereocenters. The zero-order valence-electron chi connectivity index (χ0n) is 13.8. The molecular formula is C20H24N2O2. The van der Waals surface area contributed by atoms with Crippen LogP contribution in [0.2, 0.25) is 0 Å². The van der Waals surface area contributed by atoms with Gasteiger partial charge in [-0.3, -0.25) is 4.79 Å². The Balaban J connectivity index is 1.73. The van der Waals surface area contributed by atoms with Gasteiger partial charge < -0.3 is 15.8 Å². The Morgan fingerprint density at radius 2 is 1.92 bits per heavy atom. The molecule has 0 aliphatic carbocycles. The van der Waals surface area contributed by atoms with E-state index in [2.05, 4.69) is 17.4 Å². The summed E-state index contributed by atoms with van der Waals surface area (Å²) in [5.41, 5.74) is 8.43. The quantitative estimate of drug-likeness (QED) is 0.858. The second kappa shape index (κ2) is 8.08. The molecule has 3 rings (SSSR count). The van der Waals surface area contributed by atoms with Gasteiger partial charge in [0.15, 0.2) is 0 Å². The fourth-order valence-corrected chi connectivity index (χ4v) is 3.10. The van der Waals surface area contributed by atoms with Gasteiger partial charge in [0, 0.05) is 25.3 Å². The molecule has 2 aromatic rings. The molecule has 24 heavy (non-hydrogen) atoms. The molecule has 0 radical (unpaired) electrons. The van der Waals surface area contributed by atoms with Gasteiger partial charge in [-0.25, -0.2) is 0 Å². The topological polar surface area (TPSA) is 64.4 Å². The summed E-state index contributed by atoms with van der Waals surface area (Å²) in [7, 11) is 0. The van der Waals surface area contributed by atoms with Gasteiger partial charge in [-0.1, -0.05) is 42.5 Å². The molecule has 1 amide bonds. The number of hydrogen-bond acceptors (Lipinski definition) is 3. The van der Waals surface area contributed by atoms with Gasteiger partial charge in [-0.2, -0.15) is 0 Å². The van der Waals surface area contributed by atoms with E-state index >= 15 is 0 Å². The third-order valence-electron chi connectivity index (χ3n) is 4.55. The molecule has 3 N–H and O–H groups in total. The zero-order valence-corrected chi connectivity index (χ0v) is 13.8. The van der Waals surface area contributed by atoms with E-state index in [1.165, 1.54) is 0 Å². The van der Waals surface area contributed by atoms with Gasteiger partial charge in [0.1, 0.15) is 0 Å². The van der Waals surface area contributed by atoms with Gasteiger partial charge in [-0.15, -0.1) is 0 Å². The average Bonchev–Trinajstić information content (AvgIpc) is 3.15. The fraction of sp³-hybridized carbons (Fsp3) is 0.350. The van der Waals surface area contributed by atoms with Crippen LogP contribution in [0.25, 0.3) is 0 Å². The van der Waals surface area contributed by atoms with E-state index in [0.717, 1.165) is 37.2 Å². The van der Waals surface area contributed by atoms with Crippen LogP contribution in [0.5, 0.6) is 0 Å². The highest BCUT2D eigenvalue weighted by molar-refractivity contribution is 5.94. The molecule has 0 saturated carbocycles. The lowest BCUT2D eigenvalue weighted by Gasteiger charge is -2.22. The Morgan fingerprint density at radius 3 is 2.54 bits per heavy atom. The number of hydrogen-bond donors (Lipinski definition) is 2. The van der Waals surface area contributed by atoms with Crippen molar-refractivity contribution in [1.29, 1.82) is 0 Å². The van der Waals surface area contributed by atoms with Crippen molar-refractivity contribution in [2.24, 2.45) is 11.7 Å². The number of benzene rings is 2. The number of ether oxygens (including phenoxy) is 1. The van der Waals surface area contributed by atoms with Crippen LogP contribution < -0.4 is 11.1 Å². The van der Waals surface area contributed by atoms with Crippen LogP contribution in [-0.4, -0.2) is 19.1 Å². The summed E-state index contributed by atoms with van der Waals surface area (Å²) < 4.78 is 5.48. The molecule has 1 fully saturated rings. The van der Waals surface area contributed by atoms with Crippen molar-refractivity contribution in [3.8, 4) is 0 Å². The lowest BCUT2D eigenvalue weighted by molar-refractivity contribution is 0.0928. The largest absolute Gasteiger partial charge is 0.381 e. The third kappa shape index (κ3) is 4.22. The SMILES string of the molecule is NCc1ccc(C(=O)NC(CC2CCOC2)c2ccccc2)cc1. The van der Waals surface area contributed by atoms with Crippen molar-refractivity contribution in [2.45, 2.75) is 25.4 Å². The molecule has 0 bridgehead atoms. The van der Waals surface area contributed by atoms with Crippen LogP contribution in [0, 0.1) is 5.92 Å². The predicted octanol–water partition coefficient (Wildman–Crippen LogP) is 3.04. The summed E-state index contributed by atoms with van der Waals surface area (Å²) in [5, 5.41) is 3.19. The van der Waals surface area contributed by atoms with Gasteiger partial charge in [0.25, 0.3) is 5.91 Å². The second-order valence-electron chi connectivity index (χ2n) is 6.30. The van der Waals surface area contributed by atoms with Crippen LogP contribution in [0.1, 0.15) is 40.4 Å². The Bertz CT molecular complexity index is 649. The Morgan fingerprint density at radius 1 is 1.17 bits per heavy atom. The molecule has 126 valence electrons. The molecule has 1 aliphatic rings. The van der Waals surface area contributed by atoms with Crippen molar-refractivity contribution >= 4 is 5.91 Å². The Kier molecular flexibility index (Phi) is 5.62. The maximum Gasteiger partial charge on any atom is 0.251 e. The van der Waals surface area contributed by atoms with Crippen LogP contribution in [0.15, 0.2) is 54.6 Å². The number of amides is 1. The van der Waals surface area contributed by atoms with Crippen molar-refractivity contribution in [3.05, 3.63) is 71.3 Å². The Hall–Kier alpha value is -2.17. The van der Waals surface area contributed by atoms with Gasteiger partial charge >= 0.3 is 0 Å². The zero-order chi connectivity index (χ0) is 16.8. The summed E-state index contributed by atoms with van der Waals surface area (Å²) >= 11 is 0. The molecule has 1 saturated heterocycles. The number of nitrogens with two attached hydrogens (primary N) is 1. The Labute approximate surface area is 143 Å². The van der Waals surface area contributed by atoms with Gasteiger partial charge in [0.05, 0.1) is 6.04 Å². The fourth-order valence-electron chi connectivity index (χ4n) is 3.10. The highest BCUT2D eigenvalue weighted by Gasteiger charge is 2.23. The average molecular weight is 324 g/mol. The first-order chi connectivity index (χ1) is 11.8. The molecule has 1 aliphatic heterocycles. The minimum Gasteiger partial charge on any atom is -0.381 e. The third-order valence-corrected chi connectivity index (χ3v) is 4.55. The predicted molar refractivity (Wildman–Crippen MR) is 94.5 cm³/mol. The van der Waals surface area contributed by atoms with E-state index < -0.39 is 0 Å². The minimum absolute atomic E-state index is 0.000384. The summed E-state index contributed by atoms with van der Waals surface area (Å²) in [6.45, 7) is 2.08. The first kappa shape index (κ1) is 16.7. The number of carbonyl (C=O) groups is 1. The molecule has 1 heterocycles. The lowest BCUT2D eigenvalue weighted by atomic mass is 9.94. The normalized spacial score (nSPS) is 18.3. The van der Waals surface area contributed by atoms with Crippen molar-refractivity contribution in [1.82, 2.24) is 5.32 Å². The molecule has 4 heteroatoms. The molecule has 0 aromatic heterocycles. The lowest BCUT2D eigenvalue weighted by Crippen LogP contribution is -2.30. The van der Waals surface area contributed by atoms with Crippen LogP contribution in [-0.2, 0) is 11.3 Å². The van der Waals surface area contributed by atoms with Crippen LogP contribution in [0.4, 0.5) is 0 Å². The van der Waals surface area contributed by atoms with E-state index in [1.54, 1.807) is 0 Å². The highest BCUT2D eigenvalue weighted by atomic mass is 16.5. The maximum absolute atomic E-state index is 12.6. The monoisotopic (exact) mass is 324 g/mol. The van der Waals surface area contributed by atoms with Gasteiger partial charge in [-0.05, 0) is 42.0 Å². The smallest absolute Gasteiger partial charge is 0.251 e. The second-order valence-corrected chi connectivity index (χ2v) is 6.30. The summed E-state index contributed by atoms with van der Waals surface area (Å²) in [5.74, 6) is 0.446. The van der Waals surface area contributed by atoms with Gasteiger partial charge in [0.2, 0.25) is 0 Å². The molecule has 2 atom stereocenters. The van der Waals surface area contributed by atoms with Crippen molar-refractivity contribution in [2.75, 3.05) is 13.2 Å². The number of nitrogens with one attached hydrogen (secondary N) is 1. The van der Waals surface area contributed by atoms with E-state index in [4.69, 9.17) is 10.5 Å². The van der Waals surface area contributed by atoms with E-state index in [-0.39, 0.29) is 11.9 Å². The van der Waals surface area contributed by atoms with E-state index in [1.807, 2.05) is 42.5 Å². The molecule has 4 nitrogen and oxygen atoms in total. The van der Waals surface area contributed by atoms with E-state index in [9.17, 15) is 4.79 Å². The molecule has 2 aromatic carbocycles. The highest BCUT2D eigenvalue weighted by Crippen LogP contribution is 2.26. The standard InChI is InChI=1S/C20H24N2O2/c21-13-15-6-8-18(9-7-15)20(23)22-19(12-16-10-11-24-14-16)17-4-2-1-3-5-17/h1-9,16,19H,10-14,21H2,(H,22,23). The van der Waals surface area contributed by atoms with Crippen molar-refractivity contribution < 1.29 is 9.53 Å². The number of rotatable bonds is 6. The minimum atomic E-state index is -0.0497. The molecular weight excluding hydrogens is 300 g/mol. The summed E-state index contributed by atoms with van der Waals surface area (Å²) in [6.07, 6.45) is 1.96. The first-order valence-electron chi connectivity index (χ1n) is 8.49. The van der Waals surface area contributed by atoms with Crippen molar-refractivity contribution in [3.63, 3.8) is 0 Å².